The Hall–Kier alpha value is -2.44. The van der Waals surface area contributed by atoms with Crippen molar-refractivity contribution in [3.05, 3.63) is 76.3 Å². The maximum absolute atomic E-state index is 14.1. The number of hydrogen-bond donors (Lipinski definition) is 1. The maximum atomic E-state index is 14.1. The zero-order valence-electron chi connectivity index (χ0n) is 16.5. The fraction of sp³-hybridized carbons (Fsp3) is 0.348. The van der Waals surface area contributed by atoms with Crippen molar-refractivity contribution in [1.29, 1.82) is 0 Å². The van der Waals surface area contributed by atoms with E-state index < -0.39 is 0 Å². The number of furan rings is 1. The van der Waals surface area contributed by atoms with Gasteiger partial charge in [-0.2, -0.15) is 0 Å². The van der Waals surface area contributed by atoms with Crippen LogP contribution < -0.4 is 5.32 Å². The Bertz CT molecular complexity index is 961. The summed E-state index contributed by atoms with van der Waals surface area (Å²) in [5, 5.41) is 3.85. The number of thiophene rings is 1. The lowest BCUT2D eigenvalue weighted by Gasteiger charge is -2.35. The molecule has 0 bridgehead atoms. The number of aryl methyl sites for hydroxylation is 1. The van der Waals surface area contributed by atoms with Gasteiger partial charge in [-0.15, -0.1) is 11.3 Å². The molecule has 1 saturated heterocycles. The Morgan fingerprint density at radius 3 is 2.72 bits per heavy atom. The van der Waals surface area contributed by atoms with Gasteiger partial charge in [0.15, 0.2) is 5.76 Å². The third-order valence-electron chi connectivity index (χ3n) is 5.35. The van der Waals surface area contributed by atoms with Gasteiger partial charge in [-0.25, -0.2) is 4.39 Å². The molecular formula is C23H25FN2O2S. The molecule has 152 valence electrons. The molecule has 6 heteroatoms. The molecule has 0 aliphatic carbocycles. The molecule has 29 heavy (non-hydrogen) atoms. The van der Waals surface area contributed by atoms with Crippen LogP contribution in [0.15, 0.2) is 53.1 Å². The quantitative estimate of drug-likeness (QED) is 0.551. The summed E-state index contributed by atoms with van der Waals surface area (Å²) in [6.07, 6.45) is 5.85. The Kier molecular flexibility index (Phi) is 6.11. The van der Waals surface area contributed by atoms with E-state index in [-0.39, 0.29) is 23.5 Å². The van der Waals surface area contributed by atoms with Crippen LogP contribution in [-0.2, 0) is 6.42 Å². The average Bonchev–Trinajstić information content (AvgIpc) is 3.40. The van der Waals surface area contributed by atoms with Gasteiger partial charge in [-0.3, -0.25) is 9.69 Å². The van der Waals surface area contributed by atoms with Crippen LogP contribution in [0, 0.1) is 5.82 Å². The number of halogens is 1. The largest absolute Gasteiger partial charge is 0.459 e. The molecule has 0 unspecified atom stereocenters. The molecule has 0 spiro atoms. The normalized spacial score (nSPS) is 15.9. The van der Waals surface area contributed by atoms with Crippen LogP contribution in [0.3, 0.4) is 0 Å². The topological polar surface area (TPSA) is 45.5 Å². The number of anilines is 1. The molecule has 4 rings (SSSR count). The predicted molar refractivity (Wildman–Crippen MR) is 114 cm³/mol. The first-order valence-corrected chi connectivity index (χ1v) is 10.9. The van der Waals surface area contributed by atoms with Crippen molar-refractivity contribution in [1.82, 2.24) is 4.90 Å². The number of nitrogens with one attached hydrogen (secondary N) is 1. The maximum Gasteiger partial charge on any atom is 0.291 e. The lowest BCUT2D eigenvalue weighted by atomic mass is 9.95. The number of piperidine rings is 1. The van der Waals surface area contributed by atoms with Gasteiger partial charge >= 0.3 is 0 Å². The van der Waals surface area contributed by atoms with E-state index in [9.17, 15) is 9.18 Å². The monoisotopic (exact) mass is 412 g/mol. The molecule has 4 nitrogen and oxygen atoms in total. The fourth-order valence-corrected chi connectivity index (χ4v) is 4.97. The summed E-state index contributed by atoms with van der Waals surface area (Å²) in [4.78, 5) is 16.2. The molecule has 0 radical (unpaired) electrons. The first-order chi connectivity index (χ1) is 14.2. The van der Waals surface area contributed by atoms with Gasteiger partial charge in [-0.1, -0.05) is 25.5 Å². The molecule has 3 aromatic rings. The highest BCUT2D eigenvalue weighted by Gasteiger charge is 2.29. The summed E-state index contributed by atoms with van der Waals surface area (Å²) in [7, 11) is 0. The van der Waals surface area contributed by atoms with E-state index >= 15 is 0 Å². The van der Waals surface area contributed by atoms with E-state index in [1.165, 1.54) is 23.6 Å². The van der Waals surface area contributed by atoms with Crippen LogP contribution in [0.2, 0.25) is 0 Å². The van der Waals surface area contributed by atoms with Crippen molar-refractivity contribution in [3.63, 3.8) is 0 Å². The van der Waals surface area contributed by atoms with E-state index in [4.69, 9.17) is 4.42 Å². The predicted octanol–water partition coefficient (Wildman–Crippen LogP) is 5.87. The summed E-state index contributed by atoms with van der Waals surface area (Å²) in [6.45, 7) is 4.03. The number of likely N-dealkylation sites (tertiary alicyclic amines) is 1. The molecular weight excluding hydrogens is 387 g/mol. The lowest BCUT2D eigenvalue weighted by molar-refractivity contribution is 0.0996. The molecule has 3 heterocycles. The van der Waals surface area contributed by atoms with Gasteiger partial charge in [0.05, 0.1) is 12.3 Å². The van der Waals surface area contributed by atoms with Crippen LogP contribution in [0.1, 0.15) is 58.8 Å². The Morgan fingerprint density at radius 1 is 1.21 bits per heavy atom. The van der Waals surface area contributed by atoms with Gasteiger partial charge in [0, 0.05) is 10.4 Å². The zero-order valence-corrected chi connectivity index (χ0v) is 17.3. The minimum Gasteiger partial charge on any atom is -0.459 e. The van der Waals surface area contributed by atoms with Crippen molar-refractivity contribution in [2.45, 2.75) is 38.6 Å². The summed E-state index contributed by atoms with van der Waals surface area (Å²) in [5.74, 6) is -0.225. The Balaban J connectivity index is 1.75. The summed E-state index contributed by atoms with van der Waals surface area (Å²) >= 11 is 1.58. The summed E-state index contributed by atoms with van der Waals surface area (Å²) < 4.78 is 19.3. The second-order valence-corrected chi connectivity index (χ2v) is 8.47. The highest BCUT2D eigenvalue weighted by Crippen LogP contribution is 2.40. The summed E-state index contributed by atoms with van der Waals surface area (Å²) in [6, 6.07) is 12.2. The average molecular weight is 413 g/mol. The second-order valence-electron chi connectivity index (χ2n) is 7.34. The van der Waals surface area contributed by atoms with Crippen molar-refractivity contribution >= 4 is 22.2 Å². The first-order valence-electron chi connectivity index (χ1n) is 10.1. The van der Waals surface area contributed by atoms with E-state index in [1.54, 1.807) is 35.6 Å². The first kappa shape index (κ1) is 19.9. The van der Waals surface area contributed by atoms with E-state index in [2.05, 4.69) is 23.2 Å². The smallest absolute Gasteiger partial charge is 0.291 e. The number of hydrogen-bond acceptors (Lipinski definition) is 4. The highest BCUT2D eigenvalue weighted by atomic mass is 32.1. The van der Waals surface area contributed by atoms with Crippen LogP contribution in [0.4, 0.5) is 9.39 Å². The molecule has 0 saturated carbocycles. The van der Waals surface area contributed by atoms with E-state index in [1.807, 2.05) is 6.07 Å². The standard InChI is InChI=1S/C23H25FN2O2S/c1-2-18-15-19(23(29-18)25-22(27)20-10-7-13-28-20)21(26-11-4-3-5-12-26)16-8-6-9-17(24)14-16/h6-10,13-15,21H,2-5,11-12H2,1H3,(H,25,27)/t21-/m0/s1. The molecule has 1 N–H and O–H groups in total. The molecule has 1 aliphatic rings. The highest BCUT2D eigenvalue weighted by molar-refractivity contribution is 7.16. The van der Waals surface area contributed by atoms with Gasteiger partial charge in [0.25, 0.3) is 5.91 Å². The molecule has 2 aromatic heterocycles. The minimum atomic E-state index is -0.266. The molecule has 1 aromatic carbocycles. The van der Waals surface area contributed by atoms with Gasteiger partial charge in [-0.05, 0) is 68.2 Å². The third kappa shape index (κ3) is 4.43. The second kappa shape index (κ2) is 8.93. The fourth-order valence-electron chi connectivity index (χ4n) is 3.95. The van der Waals surface area contributed by atoms with Crippen molar-refractivity contribution in [2.75, 3.05) is 18.4 Å². The number of amides is 1. The molecule has 1 aliphatic heterocycles. The number of nitrogens with zero attached hydrogens (tertiary/aromatic N) is 1. The summed E-state index contributed by atoms with van der Waals surface area (Å²) in [5.41, 5.74) is 1.94. The SMILES string of the molecule is CCc1cc([C@H](c2cccc(F)c2)N2CCCCC2)c(NC(=O)c2ccco2)s1. The van der Waals surface area contributed by atoms with Crippen LogP contribution >= 0.6 is 11.3 Å². The van der Waals surface area contributed by atoms with Gasteiger partial charge in [0.2, 0.25) is 0 Å². The minimum absolute atomic E-state index is 0.0885. The van der Waals surface area contributed by atoms with E-state index in [0.29, 0.717) is 0 Å². The number of carbonyl (C=O) groups excluding carboxylic acids is 1. The van der Waals surface area contributed by atoms with Crippen molar-refractivity contribution in [3.8, 4) is 0 Å². The molecule has 1 atom stereocenters. The van der Waals surface area contributed by atoms with Crippen molar-refractivity contribution < 1.29 is 13.6 Å². The van der Waals surface area contributed by atoms with Crippen LogP contribution in [0.5, 0.6) is 0 Å². The van der Waals surface area contributed by atoms with Crippen LogP contribution in [0.25, 0.3) is 0 Å². The molecule has 1 fully saturated rings. The van der Waals surface area contributed by atoms with Gasteiger partial charge < -0.3 is 9.73 Å². The van der Waals surface area contributed by atoms with Crippen LogP contribution in [-0.4, -0.2) is 23.9 Å². The van der Waals surface area contributed by atoms with E-state index in [0.717, 1.165) is 48.5 Å². The zero-order chi connectivity index (χ0) is 20.2. The van der Waals surface area contributed by atoms with Crippen molar-refractivity contribution in [2.24, 2.45) is 0 Å². The number of carbonyl (C=O) groups is 1. The van der Waals surface area contributed by atoms with Gasteiger partial charge in [0.1, 0.15) is 10.8 Å². The Labute approximate surface area is 174 Å². The third-order valence-corrected chi connectivity index (χ3v) is 6.56. The Morgan fingerprint density at radius 2 is 2.03 bits per heavy atom. The number of benzene rings is 1. The number of rotatable bonds is 6. The lowest BCUT2D eigenvalue weighted by Crippen LogP contribution is -2.34. The molecule has 1 amide bonds.